The minimum Gasteiger partial charge on any atom is -0.457 e. The zero-order chi connectivity index (χ0) is 36.8. The highest BCUT2D eigenvalue weighted by atomic mass is 16.5. The van der Waals surface area contributed by atoms with E-state index in [0.717, 1.165) is 111 Å². The molecule has 2 aromatic carbocycles. The van der Waals surface area contributed by atoms with Gasteiger partial charge in [-0.3, -0.25) is 0 Å². The summed E-state index contributed by atoms with van der Waals surface area (Å²) in [4.78, 5) is 19.1. The Bertz CT molecular complexity index is 1690. The number of aryl methyl sites for hydroxylation is 2. The molecule has 0 unspecified atom stereocenters. The first-order valence-corrected chi connectivity index (χ1v) is 20.4. The lowest BCUT2D eigenvalue weighted by atomic mass is 9.78. The monoisotopic (exact) mass is 708 g/mol. The zero-order valence-electron chi connectivity index (χ0n) is 31.9. The maximum Gasteiger partial charge on any atom is 0.131 e. The lowest BCUT2D eigenvalue weighted by Crippen LogP contribution is -2.18. The van der Waals surface area contributed by atoms with E-state index in [9.17, 15) is 10.5 Å². The van der Waals surface area contributed by atoms with Crippen molar-refractivity contribution >= 4 is 0 Å². The molecule has 0 spiro atoms. The number of rotatable bonds is 16. The molecule has 6 rings (SSSR count). The van der Waals surface area contributed by atoms with Crippen LogP contribution < -0.4 is 4.74 Å². The van der Waals surface area contributed by atoms with Gasteiger partial charge in [-0.05, 0) is 160 Å². The average Bonchev–Trinajstić information content (AvgIpc) is 3.20. The van der Waals surface area contributed by atoms with Gasteiger partial charge in [0, 0.05) is 36.6 Å². The van der Waals surface area contributed by atoms with Gasteiger partial charge < -0.3 is 4.74 Å². The van der Waals surface area contributed by atoms with Gasteiger partial charge in [-0.25, -0.2) is 19.9 Å². The number of nitrogens with zero attached hydrogens (tertiary/aromatic N) is 6. The van der Waals surface area contributed by atoms with E-state index in [1.54, 1.807) is 0 Å². The third kappa shape index (κ3) is 10.7. The molecule has 7 nitrogen and oxygen atoms in total. The third-order valence-corrected chi connectivity index (χ3v) is 11.6. The molecule has 2 aliphatic rings. The van der Waals surface area contributed by atoms with Gasteiger partial charge >= 0.3 is 0 Å². The molecule has 2 heterocycles. The number of hydrogen-bond acceptors (Lipinski definition) is 7. The average molecular weight is 709 g/mol. The summed E-state index contributed by atoms with van der Waals surface area (Å²) < 4.78 is 6.74. The van der Waals surface area contributed by atoms with Gasteiger partial charge in [-0.2, -0.15) is 10.5 Å². The van der Waals surface area contributed by atoms with Crippen molar-refractivity contribution in [3.8, 4) is 23.6 Å². The molecule has 53 heavy (non-hydrogen) atoms. The summed E-state index contributed by atoms with van der Waals surface area (Å²) in [6.45, 7) is 4.46. The van der Waals surface area contributed by atoms with Gasteiger partial charge in [0.2, 0.25) is 0 Å². The summed E-state index contributed by atoms with van der Waals surface area (Å²) in [6.07, 6.45) is 28.0. The molecule has 0 saturated heterocycles. The van der Waals surface area contributed by atoms with Crippen LogP contribution in [-0.4, -0.2) is 19.9 Å². The minimum absolute atomic E-state index is 0.404. The summed E-state index contributed by atoms with van der Waals surface area (Å²) >= 11 is 0. The molecule has 0 atom stereocenters. The Morgan fingerprint density at radius 3 is 1.32 bits per heavy atom. The molecule has 2 aliphatic carbocycles. The first-order chi connectivity index (χ1) is 26.0. The number of nitriles is 2. The third-order valence-electron chi connectivity index (χ3n) is 11.6. The quantitative estimate of drug-likeness (QED) is 0.107. The Hall–Kier alpha value is -4.62. The number of ether oxygens (including phenoxy) is 1. The van der Waals surface area contributed by atoms with Gasteiger partial charge in [0.25, 0.3) is 0 Å². The first kappa shape index (κ1) is 38.1. The molecular formula is C46H56N6O. The van der Waals surface area contributed by atoms with Crippen LogP contribution in [0, 0.1) is 34.5 Å². The van der Waals surface area contributed by atoms with Crippen LogP contribution in [0.2, 0.25) is 0 Å². The van der Waals surface area contributed by atoms with Gasteiger partial charge in [0.15, 0.2) is 0 Å². The van der Waals surface area contributed by atoms with Crippen LogP contribution in [0.1, 0.15) is 161 Å². The summed E-state index contributed by atoms with van der Waals surface area (Å²) in [5.74, 6) is 5.40. The smallest absolute Gasteiger partial charge is 0.131 e. The van der Waals surface area contributed by atoms with Gasteiger partial charge in [0.05, 0.1) is 23.3 Å². The van der Waals surface area contributed by atoms with E-state index in [-0.39, 0.29) is 0 Å². The molecule has 0 amide bonds. The SMILES string of the molecule is CCCCCc1cnc(C2CCC(Cc3cc(C#N)ccc3Oc3ccc(C#N)cc3CC3CCC(c4ncc(CCCCC)cn4)CC3)CC2)nc1. The van der Waals surface area contributed by atoms with Gasteiger partial charge in [0.1, 0.15) is 23.1 Å². The second kappa shape index (κ2) is 19.5. The Kier molecular flexibility index (Phi) is 14.0. The molecule has 0 N–H and O–H groups in total. The van der Waals surface area contributed by atoms with E-state index in [1.165, 1.54) is 49.7 Å². The molecule has 2 saturated carbocycles. The van der Waals surface area contributed by atoms with Gasteiger partial charge in [-0.1, -0.05) is 39.5 Å². The van der Waals surface area contributed by atoms with Crippen molar-refractivity contribution in [1.29, 1.82) is 10.5 Å². The number of benzene rings is 2. The lowest BCUT2D eigenvalue weighted by Gasteiger charge is -2.29. The van der Waals surface area contributed by atoms with Crippen molar-refractivity contribution in [3.05, 3.63) is 106 Å². The van der Waals surface area contributed by atoms with Crippen LogP contribution in [0.3, 0.4) is 0 Å². The van der Waals surface area contributed by atoms with Crippen LogP contribution in [0.25, 0.3) is 0 Å². The summed E-state index contributed by atoms with van der Waals surface area (Å²) in [5, 5.41) is 19.5. The normalized spacial score (nSPS) is 20.0. The molecule has 0 radical (unpaired) electrons. The number of hydrogen-bond donors (Lipinski definition) is 0. The Labute approximate surface area is 317 Å². The van der Waals surface area contributed by atoms with Crippen LogP contribution in [0.5, 0.6) is 11.5 Å². The van der Waals surface area contributed by atoms with Crippen molar-refractivity contribution in [2.45, 2.75) is 141 Å². The fourth-order valence-electron chi connectivity index (χ4n) is 8.37. The first-order valence-electron chi connectivity index (χ1n) is 20.4. The molecule has 0 bridgehead atoms. The molecule has 276 valence electrons. The van der Waals surface area contributed by atoms with E-state index in [1.807, 2.05) is 61.2 Å². The van der Waals surface area contributed by atoms with Crippen molar-refractivity contribution in [3.63, 3.8) is 0 Å². The summed E-state index contributed by atoms with van der Waals surface area (Å²) in [5.41, 5.74) is 5.94. The summed E-state index contributed by atoms with van der Waals surface area (Å²) in [6, 6.07) is 16.3. The van der Waals surface area contributed by atoms with E-state index >= 15 is 0 Å². The van der Waals surface area contributed by atoms with E-state index in [4.69, 9.17) is 24.7 Å². The van der Waals surface area contributed by atoms with Crippen molar-refractivity contribution < 1.29 is 4.74 Å². The zero-order valence-corrected chi connectivity index (χ0v) is 31.9. The molecular weight excluding hydrogens is 653 g/mol. The van der Waals surface area contributed by atoms with E-state index < -0.39 is 0 Å². The highest BCUT2D eigenvalue weighted by Crippen LogP contribution is 2.40. The molecule has 2 fully saturated rings. The maximum absolute atomic E-state index is 9.77. The molecule has 7 heteroatoms. The Morgan fingerprint density at radius 2 is 0.962 bits per heavy atom. The Balaban J connectivity index is 1.07. The molecule has 2 aromatic heterocycles. The van der Waals surface area contributed by atoms with Crippen molar-refractivity contribution in [2.75, 3.05) is 0 Å². The number of unbranched alkanes of at least 4 members (excludes halogenated alkanes) is 4. The molecule has 0 aliphatic heterocycles. The van der Waals surface area contributed by atoms with Crippen LogP contribution in [0.4, 0.5) is 0 Å². The fourth-order valence-corrected chi connectivity index (χ4v) is 8.37. The highest BCUT2D eigenvalue weighted by molar-refractivity contribution is 5.48. The largest absolute Gasteiger partial charge is 0.457 e. The van der Waals surface area contributed by atoms with E-state index in [0.29, 0.717) is 34.8 Å². The topological polar surface area (TPSA) is 108 Å². The predicted molar refractivity (Wildman–Crippen MR) is 210 cm³/mol. The van der Waals surface area contributed by atoms with Crippen molar-refractivity contribution in [1.82, 2.24) is 19.9 Å². The van der Waals surface area contributed by atoms with Crippen molar-refractivity contribution in [2.24, 2.45) is 11.8 Å². The maximum atomic E-state index is 9.77. The lowest BCUT2D eigenvalue weighted by molar-refractivity contribution is 0.312. The predicted octanol–water partition coefficient (Wildman–Crippen LogP) is 11.3. The van der Waals surface area contributed by atoms with Gasteiger partial charge in [-0.15, -0.1) is 0 Å². The number of aromatic nitrogens is 4. The second-order valence-corrected chi connectivity index (χ2v) is 15.6. The minimum atomic E-state index is 0.404. The summed E-state index contributed by atoms with van der Waals surface area (Å²) in [7, 11) is 0. The standard InChI is InChI=1S/C46H56N6O/c1-3-5-7-9-37-29-49-45(50-30-37)39-17-11-33(12-18-39)23-41-25-35(27-47)15-21-43(41)53-44-22-16-36(28-48)26-42(44)24-34-13-19-40(20-14-34)46-51-31-38(32-52-46)10-8-6-4-2/h15-16,21-22,25-26,29-34,39-40H,3-14,17-20,23-24H2,1-2H3. The van der Waals surface area contributed by atoms with Crippen LogP contribution in [0.15, 0.2) is 61.2 Å². The fraction of sp³-hybridized carbons (Fsp3) is 0.522. The van der Waals surface area contributed by atoms with Crippen LogP contribution in [-0.2, 0) is 25.7 Å². The molecule has 4 aromatic rings. The second-order valence-electron chi connectivity index (χ2n) is 15.6. The van der Waals surface area contributed by atoms with E-state index in [2.05, 4.69) is 26.0 Å². The Morgan fingerprint density at radius 1 is 0.566 bits per heavy atom. The van der Waals surface area contributed by atoms with Crippen LogP contribution >= 0.6 is 0 Å². The highest BCUT2D eigenvalue weighted by Gasteiger charge is 2.27.